The number of hydrogen-bond donors (Lipinski definition) is 4. The first-order valence-corrected chi connectivity index (χ1v) is 7.31. The van der Waals surface area contributed by atoms with Crippen LogP contribution in [0.5, 0.6) is 0 Å². The van der Waals surface area contributed by atoms with Gasteiger partial charge in [0.2, 0.25) is 0 Å². The summed E-state index contributed by atoms with van der Waals surface area (Å²) in [5.41, 5.74) is 0.0709. The molecule has 0 radical (unpaired) electrons. The lowest BCUT2D eigenvalue weighted by Gasteiger charge is -2.47. The van der Waals surface area contributed by atoms with Gasteiger partial charge in [-0.2, -0.15) is 0 Å². The topological polar surface area (TPSA) is 90.2 Å². The van der Waals surface area contributed by atoms with E-state index < -0.39 is 35.4 Å². The molecular weight excluding hydrogens is 260 g/mol. The zero-order valence-electron chi connectivity index (χ0n) is 12.2. The molecule has 1 saturated carbocycles. The third-order valence-electron chi connectivity index (χ3n) is 5.71. The fraction of sp³-hybridized carbons (Fsp3) is 0.867. The highest BCUT2D eigenvalue weighted by Crippen LogP contribution is 2.61. The number of hydrogen-bond acceptors (Lipinski definition) is 5. The summed E-state index contributed by atoms with van der Waals surface area (Å²) < 4.78 is 5.54. The fourth-order valence-corrected chi connectivity index (χ4v) is 4.64. The number of fused-ring (bicyclic) bond motifs is 3. The van der Waals surface area contributed by atoms with Crippen molar-refractivity contribution in [1.82, 2.24) is 0 Å². The van der Waals surface area contributed by atoms with Crippen LogP contribution >= 0.6 is 0 Å². The molecule has 114 valence electrons. The minimum atomic E-state index is -1.07. The van der Waals surface area contributed by atoms with Gasteiger partial charge in [0.25, 0.3) is 0 Å². The lowest BCUT2D eigenvalue weighted by Crippen LogP contribution is -2.54. The Morgan fingerprint density at radius 2 is 2.00 bits per heavy atom. The van der Waals surface area contributed by atoms with Crippen LogP contribution in [0.3, 0.4) is 0 Å². The Balaban J connectivity index is 2.17. The van der Waals surface area contributed by atoms with Gasteiger partial charge in [-0.15, -0.1) is 0 Å². The SMILES string of the molecule is CC(C)(O)[C@H]1C2=C3CC[C@@H](CO)[C@]3(C)[C@H](O)C1OC2O. The highest BCUT2D eigenvalue weighted by atomic mass is 16.6. The van der Waals surface area contributed by atoms with Crippen LogP contribution in [0.15, 0.2) is 11.1 Å². The Kier molecular flexibility index (Phi) is 3.09. The average molecular weight is 284 g/mol. The summed E-state index contributed by atoms with van der Waals surface area (Å²) in [4.78, 5) is 0. The summed E-state index contributed by atoms with van der Waals surface area (Å²) in [6.45, 7) is 5.32. The number of ether oxygens (including phenoxy) is 1. The van der Waals surface area contributed by atoms with E-state index in [1.54, 1.807) is 13.8 Å². The summed E-state index contributed by atoms with van der Waals surface area (Å²) in [6.07, 6.45) is -0.981. The van der Waals surface area contributed by atoms with Crippen LogP contribution in [0.4, 0.5) is 0 Å². The van der Waals surface area contributed by atoms with Crippen LogP contribution in [0.1, 0.15) is 33.6 Å². The highest BCUT2D eigenvalue weighted by Gasteiger charge is 2.63. The Bertz CT molecular complexity index is 452. The van der Waals surface area contributed by atoms with Gasteiger partial charge in [0, 0.05) is 17.9 Å². The van der Waals surface area contributed by atoms with Crippen molar-refractivity contribution in [3.05, 3.63) is 11.1 Å². The molecule has 4 N–H and O–H groups in total. The van der Waals surface area contributed by atoms with Crippen molar-refractivity contribution in [2.24, 2.45) is 17.3 Å². The van der Waals surface area contributed by atoms with Crippen LogP contribution in [-0.4, -0.2) is 51.1 Å². The van der Waals surface area contributed by atoms with Crippen molar-refractivity contribution in [3.63, 3.8) is 0 Å². The van der Waals surface area contributed by atoms with Gasteiger partial charge < -0.3 is 25.2 Å². The quantitative estimate of drug-likeness (QED) is 0.543. The molecule has 0 aromatic rings. The summed E-state index contributed by atoms with van der Waals surface area (Å²) >= 11 is 0. The predicted octanol–water partition coefficient (Wildman–Crippen LogP) is 0.170. The maximum absolute atomic E-state index is 10.8. The van der Waals surface area contributed by atoms with E-state index in [1.807, 2.05) is 6.92 Å². The van der Waals surface area contributed by atoms with Gasteiger partial charge in [0.05, 0.1) is 17.8 Å². The van der Waals surface area contributed by atoms with E-state index in [4.69, 9.17) is 4.74 Å². The zero-order valence-corrected chi connectivity index (χ0v) is 12.2. The normalized spacial score (nSPS) is 47.9. The summed E-state index contributed by atoms with van der Waals surface area (Å²) in [5.74, 6) is -0.422. The predicted molar refractivity (Wildman–Crippen MR) is 71.6 cm³/mol. The smallest absolute Gasteiger partial charge is 0.178 e. The lowest BCUT2D eigenvalue weighted by atomic mass is 9.61. The average Bonchev–Trinajstić information content (AvgIpc) is 2.83. The van der Waals surface area contributed by atoms with Crippen LogP contribution < -0.4 is 0 Å². The Hall–Kier alpha value is -0.460. The monoisotopic (exact) mass is 284 g/mol. The molecular formula is C15H24O5. The molecule has 2 aliphatic carbocycles. The molecule has 0 aromatic heterocycles. The highest BCUT2D eigenvalue weighted by molar-refractivity contribution is 5.40. The molecule has 1 saturated heterocycles. The van der Waals surface area contributed by atoms with Gasteiger partial charge in [-0.1, -0.05) is 12.5 Å². The number of rotatable bonds is 2. The largest absolute Gasteiger partial charge is 0.396 e. The maximum Gasteiger partial charge on any atom is 0.178 e. The van der Waals surface area contributed by atoms with E-state index in [2.05, 4.69) is 0 Å². The lowest BCUT2D eigenvalue weighted by molar-refractivity contribution is -0.157. The molecule has 3 rings (SSSR count). The second-order valence-corrected chi connectivity index (χ2v) is 7.16. The number of aliphatic hydroxyl groups excluding tert-OH is 3. The molecule has 2 fully saturated rings. The Morgan fingerprint density at radius 1 is 1.35 bits per heavy atom. The van der Waals surface area contributed by atoms with Crippen molar-refractivity contribution in [2.45, 2.75) is 57.7 Å². The zero-order chi connectivity index (χ0) is 14.9. The minimum absolute atomic E-state index is 0.0142. The van der Waals surface area contributed by atoms with Crippen molar-refractivity contribution in [2.75, 3.05) is 6.61 Å². The van der Waals surface area contributed by atoms with E-state index in [0.29, 0.717) is 0 Å². The number of aliphatic hydroxyl groups is 4. The van der Waals surface area contributed by atoms with E-state index >= 15 is 0 Å². The van der Waals surface area contributed by atoms with Crippen LogP contribution in [0.2, 0.25) is 0 Å². The van der Waals surface area contributed by atoms with Crippen LogP contribution in [-0.2, 0) is 4.74 Å². The van der Waals surface area contributed by atoms with Crippen LogP contribution in [0, 0.1) is 17.3 Å². The third kappa shape index (κ3) is 1.61. The van der Waals surface area contributed by atoms with Crippen LogP contribution in [0.25, 0.3) is 0 Å². The van der Waals surface area contributed by atoms with Crippen molar-refractivity contribution < 1.29 is 25.2 Å². The molecule has 3 aliphatic rings. The van der Waals surface area contributed by atoms with Crippen molar-refractivity contribution >= 4 is 0 Å². The van der Waals surface area contributed by atoms with Gasteiger partial charge in [0.15, 0.2) is 6.29 Å². The van der Waals surface area contributed by atoms with E-state index in [9.17, 15) is 20.4 Å². The summed E-state index contributed by atoms with van der Waals surface area (Å²) in [6, 6.07) is 0. The van der Waals surface area contributed by atoms with Gasteiger partial charge in [0.1, 0.15) is 0 Å². The molecule has 6 atom stereocenters. The Labute approximate surface area is 118 Å². The molecule has 1 aliphatic heterocycles. The van der Waals surface area contributed by atoms with Crippen molar-refractivity contribution in [1.29, 1.82) is 0 Å². The van der Waals surface area contributed by atoms with Gasteiger partial charge in [-0.3, -0.25) is 0 Å². The first-order chi connectivity index (χ1) is 9.22. The van der Waals surface area contributed by atoms with E-state index in [1.165, 1.54) is 0 Å². The van der Waals surface area contributed by atoms with E-state index in [-0.39, 0.29) is 12.5 Å². The second kappa shape index (κ2) is 4.27. The molecule has 0 amide bonds. The molecule has 1 heterocycles. The summed E-state index contributed by atoms with van der Waals surface area (Å²) in [7, 11) is 0. The maximum atomic E-state index is 10.8. The first-order valence-electron chi connectivity index (χ1n) is 7.31. The molecule has 5 heteroatoms. The van der Waals surface area contributed by atoms with Gasteiger partial charge in [-0.05, 0) is 38.2 Å². The Morgan fingerprint density at radius 3 is 2.55 bits per heavy atom. The van der Waals surface area contributed by atoms with Gasteiger partial charge >= 0.3 is 0 Å². The van der Waals surface area contributed by atoms with Gasteiger partial charge in [-0.25, -0.2) is 0 Å². The molecule has 0 aromatic carbocycles. The molecule has 2 bridgehead atoms. The molecule has 20 heavy (non-hydrogen) atoms. The minimum Gasteiger partial charge on any atom is -0.396 e. The molecule has 2 unspecified atom stereocenters. The second-order valence-electron chi connectivity index (χ2n) is 7.16. The first kappa shape index (κ1) is 14.5. The summed E-state index contributed by atoms with van der Waals surface area (Å²) in [5, 5.41) is 41.0. The molecule has 5 nitrogen and oxygen atoms in total. The molecule has 0 spiro atoms. The fourth-order valence-electron chi connectivity index (χ4n) is 4.64. The van der Waals surface area contributed by atoms with E-state index in [0.717, 1.165) is 24.0 Å². The third-order valence-corrected chi connectivity index (χ3v) is 5.71. The van der Waals surface area contributed by atoms with Crippen molar-refractivity contribution in [3.8, 4) is 0 Å². The standard InChI is InChI=1S/C15H24O5/c1-14(2,19)10-9-8-5-4-7(6-16)15(8,3)12(17)11(10)20-13(9)18/h7,10-13,16-19H,4-6H2,1-3H3/t7-,10-,11?,12+,13?,15-/m0/s1.